The summed E-state index contributed by atoms with van der Waals surface area (Å²) in [6.07, 6.45) is 6.66. The van der Waals surface area contributed by atoms with Crippen LogP contribution in [0.2, 0.25) is 0 Å². The lowest BCUT2D eigenvalue weighted by atomic mass is 10.0. The largest absolute Gasteiger partial charge is 0.348 e. The lowest BCUT2D eigenvalue weighted by Gasteiger charge is -2.20. The number of hydrogen-bond donors (Lipinski definition) is 1. The van der Waals surface area contributed by atoms with E-state index in [9.17, 15) is 4.79 Å². The Labute approximate surface area is 122 Å². The predicted octanol–water partition coefficient (Wildman–Crippen LogP) is 2.19. The predicted molar refractivity (Wildman–Crippen MR) is 80.1 cm³/mol. The molecule has 1 N–H and O–H groups in total. The molecule has 0 bridgehead atoms. The van der Waals surface area contributed by atoms with Crippen molar-refractivity contribution in [1.82, 2.24) is 20.3 Å². The van der Waals surface area contributed by atoms with Gasteiger partial charge in [-0.05, 0) is 23.4 Å². The smallest absolute Gasteiger partial charge is 0.244 e. The molecule has 2 rings (SSSR count). The van der Waals surface area contributed by atoms with Crippen molar-refractivity contribution in [2.75, 3.05) is 0 Å². The maximum Gasteiger partial charge on any atom is 0.244 e. The number of carbonyl (C=O) groups excluding carboxylic acids is 1. The Kier molecular flexibility index (Phi) is 5.06. The van der Waals surface area contributed by atoms with E-state index in [-0.39, 0.29) is 11.9 Å². The molecule has 0 aliphatic carbocycles. The van der Waals surface area contributed by atoms with Gasteiger partial charge >= 0.3 is 0 Å². The second kappa shape index (κ2) is 7.00. The third-order valence-corrected chi connectivity index (χ3v) is 3.74. The number of nitrogens with one attached hydrogen (secondary N) is 1. The third-order valence-electron chi connectivity index (χ3n) is 2.90. The summed E-state index contributed by atoms with van der Waals surface area (Å²) in [5.41, 5.74) is 0. The van der Waals surface area contributed by atoms with Crippen LogP contribution in [0.4, 0.5) is 0 Å². The third kappa shape index (κ3) is 4.31. The van der Waals surface area contributed by atoms with E-state index in [4.69, 9.17) is 0 Å². The van der Waals surface area contributed by atoms with E-state index in [0.29, 0.717) is 12.5 Å². The highest BCUT2D eigenvalue weighted by atomic mass is 32.1. The summed E-state index contributed by atoms with van der Waals surface area (Å²) < 4.78 is 0. The molecule has 0 radical (unpaired) electrons. The number of nitrogens with zero attached hydrogens (tertiary/aromatic N) is 3. The summed E-state index contributed by atoms with van der Waals surface area (Å²) >= 11 is 1.60. The fourth-order valence-electron chi connectivity index (χ4n) is 1.71. The van der Waals surface area contributed by atoms with Gasteiger partial charge in [-0.2, -0.15) is 15.0 Å². The molecule has 2 heterocycles. The van der Waals surface area contributed by atoms with Crippen LogP contribution in [0.1, 0.15) is 18.7 Å². The second-order valence-electron chi connectivity index (χ2n) is 4.79. The maximum absolute atomic E-state index is 11.9. The number of carbonyl (C=O) groups is 1. The minimum absolute atomic E-state index is 0.00267. The van der Waals surface area contributed by atoms with Gasteiger partial charge in [-0.25, -0.2) is 0 Å². The van der Waals surface area contributed by atoms with Crippen LogP contribution < -0.4 is 5.32 Å². The zero-order valence-corrected chi connectivity index (χ0v) is 12.4. The van der Waals surface area contributed by atoms with Gasteiger partial charge in [0.25, 0.3) is 0 Å². The fourth-order valence-corrected chi connectivity index (χ4v) is 2.33. The van der Waals surface area contributed by atoms with Gasteiger partial charge in [0.1, 0.15) is 0 Å². The van der Waals surface area contributed by atoms with Gasteiger partial charge in [0.15, 0.2) is 0 Å². The average molecular weight is 290 g/mol. The Morgan fingerprint density at radius 2 is 2.20 bits per heavy atom. The Morgan fingerprint density at radius 3 is 2.80 bits per heavy atom. The molecule has 0 saturated heterocycles. The summed E-state index contributed by atoms with van der Waals surface area (Å²) in [7, 11) is 0. The topological polar surface area (TPSA) is 59.8 Å². The Morgan fingerprint density at radius 1 is 1.45 bits per heavy atom. The van der Waals surface area contributed by atoms with E-state index in [1.54, 1.807) is 34.6 Å². The summed E-state index contributed by atoms with van der Waals surface area (Å²) in [6, 6.07) is 3.94. The standard InChI is InChI=1S/C14H18N4OS/c1-11(2)13(10-18-15-7-8-16-18)17-14(19)6-5-12-4-3-9-20-12/h3-9,11,13H,10H2,1-2H3,(H,17,19)/b6-5+. The van der Waals surface area contributed by atoms with Crippen LogP contribution in [-0.2, 0) is 11.3 Å². The number of hydrogen-bond acceptors (Lipinski definition) is 4. The van der Waals surface area contributed by atoms with Gasteiger partial charge in [-0.3, -0.25) is 4.79 Å². The van der Waals surface area contributed by atoms with Crippen LogP contribution in [0.3, 0.4) is 0 Å². The van der Waals surface area contributed by atoms with Crippen LogP contribution in [0.15, 0.2) is 36.0 Å². The van der Waals surface area contributed by atoms with Crippen molar-refractivity contribution in [3.8, 4) is 0 Å². The molecule has 5 nitrogen and oxygen atoms in total. The molecule has 6 heteroatoms. The van der Waals surface area contributed by atoms with E-state index in [1.807, 2.05) is 23.6 Å². The van der Waals surface area contributed by atoms with E-state index in [2.05, 4.69) is 29.4 Å². The van der Waals surface area contributed by atoms with Crippen molar-refractivity contribution in [3.63, 3.8) is 0 Å². The van der Waals surface area contributed by atoms with Crippen LogP contribution in [0, 0.1) is 5.92 Å². The highest BCUT2D eigenvalue weighted by Gasteiger charge is 2.16. The van der Waals surface area contributed by atoms with E-state index < -0.39 is 0 Å². The number of aromatic nitrogens is 3. The minimum Gasteiger partial charge on any atom is -0.348 e. The first-order valence-electron chi connectivity index (χ1n) is 6.51. The quantitative estimate of drug-likeness (QED) is 0.830. The number of amides is 1. The molecule has 2 aromatic rings. The monoisotopic (exact) mass is 290 g/mol. The van der Waals surface area contributed by atoms with Crippen molar-refractivity contribution in [2.45, 2.75) is 26.4 Å². The maximum atomic E-state index is 11.9. The van der Waals surface area contributed by atoms with Crippen molar-refractivity contribution < 1.29 is 4.79 Å². The summed E-state index contributed by atoms with van der Waals surface area (Å²) in [5, 5.41) is 13.1. The minimum atomic E-state index is -0.0933. The zero-order valence-electron chi connectivity index (χ0n) is 11.6. The Bertz CT molecular complexity index is 546. The lowest BCUT2D eigenvalue weighted by molar-refractivity contribution is -0.117. The summed E-state index contributed by atoms with van der Waals surface area (Å²) in [5.74, 6) is 0.212. The van der Waals surface area contributed by atoms with Crippen LogP contribution in [0.5, 0.6) is 0 Å². The molecule has 1 atom stereocenters. The number of thiophene rings is 1. The first-order chi connectivity index (χ1) is 9.65. The first kappa shape index (κ1) is 14.5. The fraction of sp³-hybridized carbons (Fsp3) is 0.357. The van der Waals surface area contributed by atoms with Crippen molar-refractivity contribution >= 4 is 23.3 Å². The molecule has 0 aromatic carbocycles. The van der Waals surface area contributed by atoms with Gasteiger partial charge < -0.3 is 5.32 Å². The first-order valence-corrected chi connectivity index (χ1v) is 7.39. The Balaban J connectivity index is 1.92. The molecule has 0 spiro atoms. The molecule has 106 valence electrons. The van der Waals surface area contributed by atoms with Gasteiger partial charge in [0.2, 0.25) is 5.91 Å². The zero-order chi connectivity index (χ0) is 14.4. The highest BCUT2D eigenvalue weighted by Crippen LogP contribution is 2.10. The SMILES string of the molecule is CC(C)C(Cn1nccn1)NC(=O)/C=C/c1cccs1. The summed E-state index contributed by atoms with van der Waals surface area (Å²) in [4.78, 5) is 14.6. The van der Waals surface area contributed by atoms with Gasteiger partial charge in [0.05, 0.1) is 25.0 Å². The van der Waals surface area contributed by atoms with E-state index >= 15 is 0 Å². The van der Waals surface area contributed by atoms with Crippen molar-refractivity contribution in [3.05, 3.63) is 40.9 Å². The second-order valence-corrected chi connectivity index (χ2v) is 5.77. The van der Waals surface area contributed by atoms with Crippen molar-refractivity contribution in [2.24, 2.45) is 5.92 Å². The normalized spacial score (nSPS) is 12.9. The number of rotatable bonds is 6. The van der Waals surface area contributed by atoms with Crippen LogP contribution >= 0.6 is 11.3 Å². The van der Waals surface area contributed by atoms with Gasteiger partial charge in [-0.1, -0.05) is 19.9 Å². The van der Waals surface area contributed by atoms with Gasteiger partial charge in [0, 0.05) is 11.0 Å². The molecule has 0 saturated carbocycles. The lowest BCUT2D eigenvalue weighted by Crippen LogP contribution is -2.41. The summed E-state index contributed by atoms with van der Waals surface area (Å²) in [6.45, 7) is 4.71. The molecular formula is C14H18N4OS. The van der Waals surface area contributed by atoms with Gasteiger partial charge in [-0.15, -0.1) is 11.3 Å². The van der Waals surface area contributed by atoms with Crippen LogP contribution in [0.25, 0.3) is 6.08 Å². The molecule has 0 fully saturated rings. The average Bonchev–Trinajstić information content (AvgIpc) is 3.08. The molecule has 0 aliphatic heterocycles. The molecular weight excluding hydrogens is 272 g/mol. The van der Waals surface area contributed by atoms with E-state index in [0.717, 1.165) is 4.88 Å². The highest BCUT2D eigenvalue weighted by molar-refractivity contribution is 7.10. The van der Waals surface area contributed by atoms with Crippen LogP contribution in [-0.4, -0.2) is 26.9 Å². The molecule has 1 amide bonds. The molecule has 0 aliphatic rings. The van der Waals surface area contributed by atoms with E-state index in [1.165, 1.54) is 0 Å². The molecule has 1 unspecified atom stereocenters. The molecule has 2 aromatic heterocycles. The Hall–Kier alpha value is -1.95. The molecule has 20 heavy (non-hydrogen) atoms. The van der Waals surface area contributed by atoms with Crippen molar-refractivity contribution in [1.29, 1.82) is 0 Å².